The molecule has 0 bridgehead atoms. The second-order valence-corrected chi connectivity index (χ2v) is 3.80. The van der Waals surface area contributed by atoms with Crippen LogP contribution in [-0.2, 0) is 6.54 Å². The number of furan rings is 1. The summed E-state index contributed by atoms with van der Waals surface area (Å²) < 4.78 is 5.30. The van der Waals surface area contributed by atoms with E-state index in [9.17, 15) is 0 Å². The van der Waals surface area contributed by atoms with Crippen molar-refractivity contribution >= 4 is 0 Å². The average molecular weight is 206 g/mol. The minimum Gasteiger partial charge on any atom is -0.449 e. The number of rotatable bonds is 5. The number of nitrogens with zero attached hydrogens (tertiary/aromatic N) is 2. The number of aliphatic hydroxyl groups is 1. The van der Waals surface area contributed by atoms with Gasteiger partial charge in [-0.1, -0.05) is 0 Å². The molecule has 0 unspecified atom stereocenters. The highest BCUT2D eigenvalue weighted by Gasteiger charge is 2.28. The summed E-state index contributed by atoms with van der Waals surface area (Å²) in [6.45, 7) is 1.53. The molecule has 4 nitrogen and oxygen atoms in total. The summed E-state index contributed by atoms with van der Waals surface area (Å²) in [6.07, 6.45) is 2.40. The molecule has 4 heteroatoms. The molecule has 0 aromatic carbocycles. The molecular weight excluding hydrogens is 192 g/mol. The third-order valence-corrected chi connectivity index (χ3v) is 2.58. The molecule has 1 heterocycles. The van der Waals surface area contributed by atoms with Crippen molar-refractivity contribution in [1.82, 2.24) is 4.90 Å². The quantitative estimate of drug-likeness (QED) is 0.784. The lowest BCUT2D eigenvalue weighted by atomic mass is 10.3. The molecular formula is C11H14N2O2. The molecule has 15 heavy (non-hydrogen) atoms. The molecule has 2 rings (SSSR count). The van der Waals surface area contributed by atoms with Crippen LogP contribution < -0.4 is 0 Å². The molecule has 1 aromatic heterocycles. The second-order valence-electron chi connectivity index (χ2n) is 3.80. The maximum atomic E-state index is 8.92. The highest BCUT2D eigenvalue weighted by atomic mass is 16.3. The molecule has 1 aliphatic rings. The first-order valence-corrected chi connectivity index (χ1v) is 5.17. The van der Waals surface area contributed by atoms with Gasteiger partial charge >= 0.3 is 0 Å². The van der Waals surface area contributed by atoms with Gasteiger partial charge in [-0.15, -0.1) is 0 Å². The van der Waals surface area contributed by atoms with Gasteiger partial charge in [-0.2, -0.15) is 5.26 Å². The third-order valence-electron chi connectivity index (χ3n) is 2.58. The summed E-state index contributed by atoms with van der Waals surface area (Å²) in [5, 5.41) is 17.5. The summed E-state index contributed by atoms with van der Waals surface area (Å²) >= 11 is 0. The molecule has 1 saturated carbocycles. The van der Waals surface area contributed by atoms with Crippen molar-refractivity contribution in [2.75, 3.05) is 13.2 Å². The topological polar surface area (TPSA) is 60.4 Å². The number of hydrogen-bond acceptors (Lipinski definition) is 4. The fourth-order valence-electron chi connectivity index (χ4n) is 1.68. The van der Waals surface area contributed by atoms with Crippen molar-refractivity contribution < 1.29 is 9.52 Å². The molecule has 1 fully saturated rings. The Labute approximate surface area is 88.7 Å². The van der Waals surface area contributed by atoms with E-state index < -0.39 is 0 Å². The largest absolute Gasteiger partial charge is 0.449 e. The van der Waals surface area contributed by atoms with E-state index in [-0.39, 0.29) is 6.61 Å². The van der Waals surface area contributed by atoms with E-state index in [1.807, 2.05) is 12.1 Å². The Bertz CT molecular complexity index is 363. The Morgan fingerprint density at radius 3 is 2.87 bits per heavy atom. The van der Waals surface area contributed by atoms with E-state index in [2.05, 4.69) is 4.90 Å². The van der Waals surface area contributed by atoms with Crippen LogP contribution in [0, 0.1) is 11.3 Å². The van der Waals surface area contributed by atoms with E-state index in [4.69, 9.17) is 14.8 Å². The Morgan fingerprint density at radius 1 is 1.53 bits per heavy atom. The van der Waals surface area contributed by atoms with Crippen LogP contribution in [-0.4, -0.2) is 29.2 Å². The number of nitriles is 1. The number of aliphatic hydroxyl groups excluding tert-OH is 1. The Balaban J connectivity index is 1.96. The van der Waals surface area contributed by atoms with E-state index in [0.717, 1.165) is 5.76 Å². The summed E-state index contributed by atoms with van der Waals surface area (Å²) in [5.41, 5.74) is 0. The first kappa shape index (κ1) is 10.2. The van der Waals surface area contributed by atoms with E-state index in [1.165, 1.54) is 12.8 Å². The van der Waals surface area contributed by atoms with Gasteiger partial charge < -0.3 is 9.52 Å². The van der Waals surface area contributed by atoms with Gasteiger partial charge in [0.1, 0.15) is 11.8 Å². The Kier molecular flexibility index (Phi) is 3.05. The predicted octanol–water partition coefficient (Wildman–Crippen LogP) is 1.11. The molecule has 0 radical (unpaired) electrons. The minimum atomic E-state index is 0.169. The van der Waals surface area contributed by atoms with Crippen molar-refractivity contribution in [3.63, 3.8) is 0 Å². The van der Waals surface area contributed by atoms with Gasteiger partial charge in [-0.25, -0.2) is 0 Å². The number of hydrogen-bond donors (Lipinski definition) is 1. The van der Waals surface area contributed by atoms with Gasteiger partial charge in [0.25, 0.3) is 0 Å². The highest BCUT2D eigenvalue weighted by Crippen LogP contribution is 2.28. The summed E-state index contributed by atoms with van der Waals surface area (Å²) in [4.78, 5) is 2.19. The summed E-state index contributed by atoms with van der Waals surface area (Å²) in [6, 6.07) is 6.06. The molecule has 0 atom stereocenters. The Hall–Kier alpha value is -1.31. The van der Waals surface area contributed by atoms with Gasteiger partial charge in [0.05, 0.1) is 13.2 Å². The second kappa shape index (κ2) is 4.47. The normalized spacial score (nSPS) is 15.5. The molecule has 1 aliphatic carbocycles. The van der Waals surface area contributed by atoms with Gasteiger partial charge in [0, 0.05) is 12.6 Å². The Morgan fingerprint density at radius 2 is 2.33 bits per heavy atom. The lowest BCUT2D eigenvalue weighted by molar-refractivity contribution is 0.173. The van der Waals surface area contributed by atoms with E-state index in [1.54, 1.807) is 6.07 Å². The van der Waals surface area contributed by atoms with Crippen molar-refractivity contribution in [2.45, 2.75) is 25.4 Å². The van der Waals surface area contributed by atoms with Crippen LogP contribution in [0.5, 0.6) is 0 Å². The van der Waals surface area contributed by atoms with Crippen molar-refractivity contribution in [2.24, 2.45) is 0 Å². The zero-order valence-corrected chi connectivity index (χ0v) is 8.52. The molecule has 1 N–H and O–H groups in total. The molecule has 0 saturated heterocycles. The fourth-order valence-corrected chi connectivity index (χ4v) is 1.68. The van der Waals surface area contributed by atoms with Crippen molar-refractivity contribution in [3.8, 4) is 6.07 Å². The molecule has 0 spiro atoms. The van der Waals surface area contributed by atoms with Crippen LogP contribution in [0.3, 0.4) is 0 Å². The first-order valence-electron chi connectivity index (χ1n) is 5.17. The maximum Gasteiger partial charge on any atom is 0.203 e. The monoisotopic (exact) mass is 206 g/mol. The molecule has 1 aromatic rings. The van der Waals surface area contributed by atoms with Crippen LogP contribution in [0.25, 0.3) is 0 Å². The maximum absolute atomic E-state index is 8.92. The van der Waals surface area contributed by atoms with Gasteiger partial charge in [-0.3, -0.25) is 4.90 Å². The highest BCUT2D eigenvalue weighted by molar-refractivity contribution is 5.19. The standard InChI is InChI=1S/C11H14N2O2/c12-7-10-3-4-11(15-10)8-13(5-6-14)9-1-2-9/h3-4,9,14H,1-2,5-6,8H2. The smallest absolute Gasteiger partial charge is 0.203 e. The van der Waals surface area contributed by atoms with Crippen molar-refractivity contribution in [1.29, 1.82) is 5.26 Å². The van der Waals surface area contributed by atoms with Crippen LogP contribution in [0.2, 0.25) is 0 Å². The lowest BCUT2D eigenvalue weighted by Crippen LogP contribution is -2.28. The van der Waals surface area contributed by atoms with Crippen molar-refractivity contribution in [3.05, 3.63) is 23.7 Å². The zero-order chi connectivity index (χ0) is 10.7. The average Bonchev–Trinajstić information content (AvgIpc) is 2.99. The van der Waals surface area contributed by atoms with Crippen LogP contribution in [0.4, 0.5) is 0 Å². The van der Waals surface area contributed by atoms with Crippen LogP contribution in [0.15, 0.2) is 16.5 Å². The molecule has 0 amide bonds. The van der Waals surface area contributed by atoms with Gasteiger partial charge in [0.2, 0.25) is 5.76 Å². The lowest BCUT2D eigenvalue weighted by Gasteiger charge is -2.18. The minimum absolute atomic E-state index is 0.169. The van der Waals surface area contributed by atoms with Crippen LogP contribution >= 0.6 is 0 Å². The van der Waals surface area contributed by atoms with E-state index in [0.29, 0.717) is 24.9 Å². The predicted molar refractivity (Wildman–Crippen MR) is 53.9 cm³/mol. The molecule has 0 aliphatic heterocycles. The van der Waals surface area contributed by atoms with Gasteiger partial charge in [0.15, 0.2) is 0 Å². The van der Waals surface area contributed by atoms with E-state index >= 15 is 0 Å². The fraction of sp³-hybridized carbons (Fsp3) is 0.545. The first-order chi connectivity index (χ1) is 7.33. The van der Waals surface area contributed by atoms with Gasteiger partial charge in [-0.05, 0) is 25.0 Å². The SMILES string of the molecule is N#Cc1ccc(CN(CCO)C2CC2)o1. The molecule has 80 valence electrons. The van der Waals surface area contributed by atoms with Crippen LogP contribution in [0.1, 0.15) is 24.4 Å². The summed E-state index contributed by atoms with van der Waals surface area (Å²) in [7, 11) is 0. The summed E-state index contributed by atoms with van der Waals surface area (Å²) in [5.74, 6) is 1.15. The zero-order valence-electron chi connectivity index (χ0n) is 8.52. The third kappa shape index (κ3) is 2.58.